The van der Waals surface area contributed by atoms with Gasteiger partial charge < -0.3 is 28.4 Å². The molecule has 0 unspecified atom stereocenters. The SMILES string of the molecule is COc1ccc2c(C(=O)c3cc(OC)c(OC)c(OC)c3)cn(CCCCN(C)C)c2c1. The van der Waals surface area contributed by atoms with E-state index in [4.69, 9.17) is 18.9 Å². The number of ether oxygens (including phenoxy) is 4. The van der Waals surface area contributed by atoms with Crippen LogP contribution in [0.5, 0.6) is 23.0 Å². The molecule has 0 aliphatic carbocycles. The van der Waals surface area contributed by atoms with Crippen LogP contribution < -0.4 is 18.9 Å². The third-order valence-electron chi connectivity index (χ3n) is 5.52. The number of rotatable bonds is 11. The van der Waals surface area contributed by atoms with Crippen LogP contribution in [-0.4, -0.2) is 64.3 Å². The first-order chi connectivity index (χ1) is 15.4. The van der Waals surface area contributed by atoms with E-state index in [-0.39, 0.29) is 5.78 Å². The fourth-order valence-electron chi connectivity index (χ4n) is 3.84. The zero-order valence-electron chi connectivity index (χ0n) is 19.7. The van der Waals surface area contributed by atoms with E-state index in [2.05, 4.69) is 23.6 Å². The van der Waals surface area contributed by atoms with E-state index in [1.54, 1.807) is 26.4 Å². The predicted molar refractivity (Wildman–Crippen MR) is 126 cm³/mol. The van der Waals surface area contributed by atoms with Gasteiger partial charge in [-0.15, -0.1) is 0 Å². The summed E-state index contributed by atoms with van der Waals surface area (Å²) in [7, 11) is 10.4. The highest BCUT2D eigenvalue weighted by molar-refractivity contribution is 6.17. The molecule has 3 aromatic rings. The van der Waals surface area contributed by atoms with Crippen molar-refractivity contribution in [1.82, 2.24) is 9.47 Å². The molecule has 1 aromatic heterocycles. The van der Waals surface area contributed by atoms with Crippen molar-refractivity contribution in [2.24, 2.45) is 0 Å². The molecule has 0 aliphatic rings. The van der Waals surface area contributed by atoms with Gasteiger partial charge in [-0.25, -0.2) is 0 Å². The van der Waals surface area contributed by atoms with Gasteiger partial charge in [0.1, 0.15) is 5.75 Å². The van der Waals surface area contributed by atoms with Gasteiger partial charge in [0.2, 0.25) is 5.75 Å². The van der Waals surface area contributed by atoms with Gasteiger partial charge in [-0.2, -0.15) is 0 Å². The molecule has 0 amide bonds. The molecule has 0 radical (unpaired) electrons. The minimum atomic E-state index is -0.105. The number of unbranched alkanes of at least 4 members (excludes halogenated alkanes) is 1. The average Bonchev–Trinajstić information content (AvgIpc) is 3.17. The number of hydrogen-bond acceptors (Lipinski definition) is 6. The maximum absolute atomic E-state index is 13.6. The molecule has 32 heavy (non-hydrogen) atoms. The summed E-state index contributed by atoms with van der Waals surface area (Å²) in [5, 5.41) is 0.886. The highest BCUT2D eigenvalue weighted by Gasteiger charge is 2.21. The molecule has 0 bridgehead atoms. The van der Waals surface area contributed by atoms with E-state index in [1.807, 2.05) is 24.4 Å². The van der Waals surface area contributed by atoms with Gasteiger partial charge in [0.15, 0.2) is 17.3 Å². The Morgan fingerprint density at radius 2 is 1.59 bits per heavy atom. The zero-order valence-corrected chi connectivity index (χ0v) is 19.7. The molecule has 7 heteroatoms. The molecule has 0 atom stereocenters. The van der Waals surface area contributed by atoms with Crippen LogP contribution in [0.2, 0.25) is 0 Å². The molecule has 0 N–H and O–H groups in total. The maximum atomic E-state index is 13.6. The lowest BCUT2D eigenvalue weighted by Crippen LogP contribution is -2.13. The summed E-state index contributed by atoms with van der Waals surface area (Å²) in [5.41, 5.74) is 2.08. The number of hydrogen-bond donors (Lipinski definition) is 0. The number of carbonyl (C=O) groups is 1. The number of aryl methyl sites for hydroxylation is 1. The zero-order chi connectivity index (χ0) is 23.3. The van der Waals surface area contributed by atoms with Crippen molar-refractivity contribution < 1.29 is 23.7 Å². The van der Waals surface area contributed by atoms with Crippen molar-refractivity contribution in [2.75, 3.05) is 49.1 Å². The molecule has 0 aliphatic heterocycles. The Balaban J connectivity index is 2.03. The smallest absolute Gasteiger partial charge is 0.203 e. The second kappa shape index (κ2) is 10.4. The van der Waals surface area contributed by atoms with Gasteiger partial charge in [0, 0.05) is 35.3 Å². The van der Waals surface area contributed by atoms with Gasteiger partial charge in [0.05, 0.1) is 34.0 Å². The summed E-state index contributed by atoms with van der Waals surface area (Å²) < 4.78 is 23.8. The van der Waals surface area contributed by atoms with Gasteiger partial charge >= 0.3 is 0 Å². The molecule has 1 heterocycles. The molecule has 7 nitrogen and oxygen atoms in total. The fraction of sp³-hybridized carbons (Fsp3) is 0.400. The van der Waals surface area contributed by atoms with E-state index < -0.39 is 0 Å². The number of aromatic nitrogens is 1. The Labute approximate surface area is 189 Å². The summed E-state index contributed by atoms with van der Waals surface area (Å²) in [4.78, 5) is 15.8. The van der Waals surface area contributed by atoms with Gasteiger partial charge in [-0.1, -0.05) is 0 Å². The lowest BCUT2D eigenvalue weighted by molar-refractivity contribution is 0.103. The van der Waals surface area contributed by atoms with Crippen molar-refractivity contribution in [3.63, 3.8) is 0 Å². The van der Waals surface area contributed by atoms with Crippen LogP contribution in [0.4, 0.5) is 0 Å². The van der Waals surface area contributed by atoms with E-state index in [9.17, 15) is 4.79 Å². The highest BCUT2D eigenvalue weighted by atomic mass is 16.5. The molecular weight excluding hydrogens is 408 g/mol. The summed E-state index contributed by atoms with van der Waals surface area (Å²) >= 11 is 0. The van der Waals surface area contributed by atoms with E-state index >= 15 is 0 Å². The van der Waals surface area contributed by atoms with Crippen molar-refractivity contribution in [3.05, 3.63) is 47.7 Å². The second-order valence-electron chi connectivity index (χ2n) is 7.87. The predicted octanol–water partition coefficient (Wildman–Crippen LogP) is 4.25. The van der Waals surface area contributed by atoms with Crippen molar-refractivity contribution in [3.8, 4) is 23.0 Å². The highest BCUT2D eigenvalue weighted by Crippen LogP contribution is 2.39. The van der Waals surface area contributed by atoms with Crippen molar-refractivity contribution in [1.29, 1.82) is 0 Å². The largest absolute Gasteiger partial charge is 0.497 e. The van der Waals surface area contributed by atoms with Crippen LogP contribution in [0, 0.1) is 0 Å². The lowest BCUT2D eigenvalue weighted by atomic mass is 10.0. The minimum absolute atomic E-state index is 0.105. The number of carbonyl (C=O) groups excluding carboxylic acids is 1. The van der Waals surface area contributed by atoms with Crippen LogP contribution in [-0.2, 0) is 6.54 Å². The third kappa shape index (κ3) is 4.83. The molecule has 0 saturated heterocycles. The number of fused-ring (bicyclic) bond motifs is 1. The Bertz CT molecular complexity index is 1060. The number of ketones is 1. The molecule has 2 aromatic carbocycles. The van der Waals surface area contributed by atoms with Crippen LogP contribution in [0.25, 0.3) is 10.9 Å². The van der Waals surface area contributed by atoms with Gasteiger partial charge in [0.25, 0.3) is 0 Å². The van der Waals surface area contributed by atoms with E-state index in [0.717, 1.165) is 42.6 Å². The van der Waals surface area contributed by atoms with E-state index in [1.165, 1.54) is 14.2 Å². The Morgan fingerprint density at radius 3 is 2.16 bits per heavy atom. The standard InChI is InChI=1S/C25H32N2O5/c1-26(2)11-7-8-12-27-16-20(19-10-9-18(29-3)15-21(19)27)24(28)17-13-22(30-4)25(32-6)23(14-17)31-5/h9-10,13-16H,7-8,11-12H2,1-6H3. The molecule has 172 valence electrons. The Hall–Kier alpha value is -3.19. The lowest BCUT2D eigenvalue weighted by Gasteiger charge is -2.13. The fourth-order valence-corrected chi connectivity index (χ4v) is 3.84. The Morgan fingerprint density at radius 1 is 0.906 bits per heavy atom. The normalized spacial score (nSPS) is 11.1. The average molecular weight is 441 g/mol. The summed E-state index contributed by atoms with van der Waals surface area (Å²) in [6.45, 7) is 1.85. The Kier molecular flexibility index (Phi) is 7.64. The third-order valence-corrected chi connectivity index (χ3v) is 5.52. The van der Waals surface area contributed by atoms with Gasteiger partial charge in [-0.05, 0) is 57.7 Å². The van der Waals surface area contributed by atoms with Crippen molar-refractivity contribution >= 4 is 16.7 Å². The monoisotopic (exact) mass is 440 g/mol. The molecule has 3 rings (SSSR count). The quantitative estimate of drug-likeness (QED) is 0.328. The first kappa shape index (κ1) is 23.5. The topological polar surface area (TPSA) is 62.2 Å². The van der Waals surface area contributed by atoms with Crippen LogP contribution in [0.3, 0.4) is 0 Å². The number of nitrogens with zero attached hydrogens (tertiary/aromatic N) is 2. The number of methoxy groups -OCH3 is 4. The molecule has 0 saturated carbocycles. The first-order valence-corrected chi connectivity index (χ1v) is 10.6. The van der Waals surface area contributed by atoms with Gasteiger partial charge in [-0.3, -0.25) is 4.79 Å². The van der Waals surface area contributed by atoms with E-state index in [0.29, 0.717) is 28.4 Å². The first-order valence-electron chi connectivity index (χ1n) is 10.6. The minimum Gasteiger partial charge on any atom is -0.497 e. The maximum Gasteiger partial charge on any atom is 0.203 e. The second-order valence-corrected chi connectivity index (χ2v) is 7.87. The van der Waals surface area contributed by atoms with Crippen molar-refractivity contribution in [2.45, 2.75) is 19.4 Å². The van der Waals surface area contributed by atoms with Crippen LogP contribution >= 0.6 is 0 Å². The molecule has 0 fully saturated rings. The molecular formula is C25H32N2O5. The summed E-state index contributed by atoms with van der Waals surface area (Å²) in [6.07, 6.45) is 4.02. The summed E-state index contributed by atoms with van der Waals surface area (Å²) in [6, 6.07) is 9.18. The van der Waals surface area contributed by atoms with Crippen LogP contribution in [0.15, 0.2) is 36.5 Å². The number of benzene rings is 2. The molecule has 0 spiro atoms. The summed E-state index contributed by atoms with van der Waals surface area (Å²) in [5.74, 6) is 2.01. The van der Waals surface area contributed by atoms with Crippen LogP contribution in [0.1, 0.15) is 28.8 Å².